The van der Waals surface area contributed by atoms with Crippen LogP contribution in [0.5, 0.6) is 5.75 Å². The molecule has 1 aromatic rings. The second-order valence-corrected chi connectivity index (χ2v) is 7.38. The molecule has 2 rings (SSSR count). The lowest BCUT2D eigenvalue weighted by Crippen LogP contribution is -2.40. The highest BCUT2D eigenvalue weighted by Crippen LogP contribution is 2.30. The van der Waals surface area contributed by atoms with E-state index < -0.39 is 27.9 Å². The summed E-state index contributed by atoms with van der Waals surface area (Å²) in [6, 6.07) is 4.39. The molecular weight excluding hydrogens is 333 g/mol. The first-order valence-electron chi connectivity index (χ1n) is 7.14. The van der Waals surface area contributed by atoms with Crippen molar-refractivity contribution in [2.45, 2.75) is 18.7 Å². The van der Waals surface area contributed by atoms with E-state index in [9.17, 15) is 21.6 Å². The maximum Gasteiger partial charge on any atom is 0.416 e. The van der Waals surface area contributed by atoms with Crippen molar-refractivity contribution in [2.24, 2.45) is 5.92 Å². The highest BCUT2D eigenvalue weighted by Gasteiger charge is 2.31. The Morgan fingerprint density at radius 2 is 2.00 bits per heavy atom. The molecule has 2 atom stereocenters. The molecule has 1 heterocycles. The molecule has 2 N–H and O–H groups in total. The Bertz CT molecular complexity index is 611. The molecule has 1 saturated heterocycles. The molecule has 0 saturated carbocycles. The smallest absolute Gasteiger partial charge is 0.416 e. The Hall–Kier alpha value is -1.32. The summed E-state index contributed by atoms with van der Waals surface area (Å²) in [5.74, 6) is 0.372. The number of sulfonamides is 1. The molecule has 0 bridgehead atoms. The highest BCUT2D eigenvalue weighted by molar-refractivity contribution is 7.88. The van der Waals surface area contributed by atoms with Gasteiger partial charge in [0.15, 0.2) is 0 Å². The number of halogens is 3. The molecule has 0 aromatic heterocycles. The number of ether oxygens (including phenoxy) is 1. The van der Waals surface area contributed by atoms with E-state index in [0.717, 1.165) is 31.4 Å². The molecule has 1 aliphatic heterocycles. The van der Waals surface area contributed by atoms with Gasteiger partial charge in [0, 0.05) is 19.0 Å². The lowest BCUT2D eigenvalue weighted by Gasteiger charge is -2.24. The molecule has 9 heteroatoms. The molecule has 1 aliphatic rings. The normalized spacial score (nSPS) is 20.4. The van der Waals surface area contributed by atoms with Crippen molar-refractivity contribution in [1.29, 1.82) is 0 Å². The summed E-state index contributed by atoms with van der Waals surface area (Å²) < 4.78 is 68.3. The maximum absolute atomic E-state index is 12.6. The van der Waals surface area contributed by atoms with Crippen molar-refractivity contribution in [1.82, 2.24) is 10.0 Å². The number of hydrogen-bond donors (Lipinski definition) is 2. The molecule has 5 nitrogen and oxygen atoms in total. The van der Waals surface area contributed by atoms with Crippen LogP contribution in [0.1, 0.15) is 12.0 Å². The van der Waals surface area contributed by atoms with E-state index in [1.54, 1.807) is 0 Å². The van der Waals surface area contributed by atoms with Gasteiger partial charge in [-0.05, 0) is 37.2 Å². The predicted molar refractivity (Wildman–Crippen MR) is 79.7 cm³/mol. The monoisotopic (exact) mass is 352 g/mol. The molecular formula is C14H19F3N2O3S. The zero-order chi connectivity index (χ0) is 17.1. The van der Waals surface area contributed by atoms with Crippen LogP contribution in [0, 0.1) is 5.92 Å². The third kappa shape index (κ3) is 5.67. The Morgan fingerprint density at radius 1 is 1.35 bits per heavy atom. The van der Waals surface area contributed by atoms with Crippen LogP contribution in [0.4, 0.5) is 13.2 Å². The van der Waals surface area contributed by atoms with Gasteiger partial charge >= 0.3 is 6.18 Å². The number of rotatable bonds is 6. The number of nitrogens with one attached hydrogen (secondary N) is 2. The summed E-state index contributed by atoms with van der Waals surface area (Å²) in [6.07, 6.45) is -2.98. The largest absolute Gasteiger partial charge is 0.489 e. The van der Waals surface area contributed by atoms with Crippen LogP contribution in [-0.2, 0) is 16.2 Å². The van der Waals surface area contributed by atoms with Crippen molar-refractivity contribution >= 4 is 10.0 Å². The van der Waals surface area contributed by atoms with Gasteiger partial charge in [0.05, 0.1) is 11.8 Å². The van der Waals surface area contributed by atoms with Crippen LogP contribution >= 0.6 is 0 Å². The van der Waals surface area contributed by atoms with Crippen molar-refractivity contribution in [3.63, 3.8) is 0 Å². The lowest BCUT2D eigenvalue weighted by molar-refractivity contribution is -0.137. The molecule has 1 aromatic carbocycles. The number of benzene rings is 1. The molecule has 0 spiro atoms. The average Bonchev–Trinajstić information content (AvgIpc) is 2.96. The van der Waals surface area contributed by atoms with E-state index in [1.165, 1.54) is 12.1 Å². The first-order chi connectivity index (χ1) is 10.6. The summed E-state index contributed by atoms with van der Waals surface area (Å²) in [6.45, 7) is 1.55. The summed E-state index contributed by atoms with van der Waals surface area (Å²) in [7, 11) is -3.37. The van der Waals surface area contributed by atoms with Crippen molar-refractivity contribution < 1.29 is 26.3 Å². The predicted octanol–water partition coefficient (Wildman–Crippen LogP) is 1.61. The quantitative estimate of drug-likeness (QED) is 0.816. The van der Waals surface area contributed by atoms with Gasteiger partial charge in [0.2, 0.25) is 10.0 Å². The summed E-state index contributed by atoms with van der Waals surface area (Å²) in [4.78, 5) is 0. The van der Waals surface area contributed by atoms with Crippen LogP contribution < -0.4 is 14.8 Å². The zero-order valence-electron chi connectivity index (χ0n) is 12.6. The molecule has 130 valence electrons. The Balaban J connectivity index is 2.07. The van der Waals surface area contributed by atoms with Gasteiger partial charge in [-0.25, -0.2) is 13.1 Å². The SMILES string of the molecule is CS(=O)(=O)NC[C@H](Oc1ccc(C(F)(F)F)cc1)C1CCNC1. The number of hydrogen-bond acceptors (Lipinski definition) is 4. The van der Waals surface area contributed by atoms with E-state index in [2.05, 4.69) is 10.0 Å². The lowest BCUT2D eigenvalue weighted by atomic mass is 10.0. The molecule has 1 unspecified atom stereocenters. The van der Waals surface area contributed by atoms with Gasteiger partial charge in [0.25, 0.3) is 0 Å². The molecule has 0 radical (unpaired) electrons. The average molecular weight is 352 g/mol. The fraction of sp³-hybridized carbons (Fsp3) is 0.571. The summed E-state index contributed by atoms with van der Waals surface area (Å²) in [5.41, 5.74) is -0.752. The van der Waals surface area contributed by atoms with Crippen LogP contribution in [0.15, 0.2) is 24.3 Å². The zero-order valence-corrected chi connectivity index (χ0v) is 13.4. The van der Waals surface area contributed by atoms with Crippen LogP contribution in [0.3, 0.4) is 0 Å². The van der Waals surface area contributed by atoms with E-state index in [1.807, 2.05) is 0 Å². The van der Waals surface area contributed by atoms with Crippen LogP contribution in [0.25, 0.3) is 0 Å². The van der Waals surface area contributed by atoms with Crippen molar-refractivity contribution in [3.8, 4) is 5.75 Å². The standard InChI is InChI=1S/C14H19F3N2O3S/c1-23(20,21)19-9-13(10-6-7-18-8-10)22-12-4-2-11(3-5-12)14(15,16)17/h2-5,10,13,18-19H,6-9H2,1H3/t10?,13-/m0/s1. The van der Waals surface area contributed by atoms with Gasteiger partial charge in [-0.3, -0.25) is 0 Å². The van der Waals surface area contributed by atoms with E-state index in [-0.39, 0.29) is 18.2 Å². The second-order valence-electron chi connectivity index (χ2n) is 5.55. The van der Waals surface area contributed by atoms with E-state index in [4.69, 9.17) is 4.74 Å². The van der Waals surface area contributed by atoms with E-state index in [0.29, 0.717) is 6.54 Å². The minimum Gasteiger partial charge on any atom is -0.489 e. The topological polar surface area (TPSA) is 67.4 Å². The van der Waals surface area contributed by atoms with Crippen molar-refractivity contribution in [3.05, 3.63) is 29.8 Å². The Labute approximate surface area is 133 Å². The van der Waals surface area contributed by atoms with Gasteiger partial charge in [-0.1, -0.05) is 0 Å². The van der Waals surface area contributed by atoms with E-state index >= 15 is 0 Å². The first kappa shape index (κ1) is 18.0. The third-order valence-corrected chi connectivity index (χ3v) is 4.33. The highest BCUT2D eigenvalue weighted by atomic mass is 32.2. The summed E-state index contributed by atoms with van der Waals surface area (Å²) in [5, 5.41) is 3.16. The first-order valence-corrected chi connectivity index (χ1v) is 9.03. The van der Waals surface area contributed by atoms with Crippen LogP contribution in [0.2, 0.25) is 0 Å². The molecule has 0 amide bonds. The fourth-order valence-corrected chi connectivity index (χ4v) is 2.90. The minimum absolute atomic E-state index is 0.0756. The van der Waals surface area contributed by atoms with Gasteiger partial charge in [-0.15, -0.1) is 0 Å². The Kier molecular flexibility index (Phi) is 5.53. The fourth-order valence-electron chi connectivity index (χ4n) is 2.43. The van der Waals surface area contributed by atoms with Crippen molar-refractivity contribution in [2.75, 3.05) is 25.9 Å². The van der Waals surface area contributed by atoms with Crippen LogP contribution in [-0.4, -0.2) is 40.4 Å². The molecule has 1 fully saturated rings. The number of alkyl halides is 3. The second kappa shape index (κ2) is 7.06. The Morgan fingerprint density at radius 3 is 2.48 bits per heavy atom. The van der Waals surface area contributed by atoms with Gasteiger partial charge in [-0.2, -0.15) is 13.2 Å². The maximum atomic E-state index is 12.6. The summed E-state index contributed by atoms with van der Waals surface area (Å²) >= 11 is 0. The van der Waals surface area contributed by atoms with Gasteiger partial charge in [0.1, 0.15) is 11.9 Å². The minimum atomic E-state index is -4.40. The molecule has 0 aliphatic carbocycles. The third-order valence-electron chi connectivity index (χ3n) is 3.64. The molecule has 23 heavy (non-hydrogen) atoms. The van der Waals surface area contributed by atoms with Gasteiger partial charge < -0.3 is 10.1 Å².